The highest BCUT2D eigenvalue weighted by molar-refractivity contribution is 5.98. The van der Waals surface area contributed by atoms with Gasteiger partial charge in [0.15, 0.2) is 0 Å². The van der Waals surface area contributed by atoms with Crippen LogP contribution < -0.4 is 4.90 Å². The van der Waals surface area contributed by atoms with Gasteiger partial charge in [-0.25, -0.2) is 9.78 Å². The Labute approximate surface area is 110 Å². The minimum Gasteiger partial charge on any atom is -0.478 e. The first-order valence-electron chi connectivity index (χ1n) is 6.20. The fraction of sp³-hybridized carbons (Fsp3) is 0.286. The molecule has 1 aromatic carbocycles. The number of carbonyl (C=O) groups is 1. The number of morpholine rings is 1. The van der Waals surface area contributed by atoms with E-state index in [1.165, 1.54) is 0 Å². The smallest absolute Gasteiger partial charge is 0.335 e. The molecule has 0 aliphatic carbocycles. The van der Waals surface area contributed by atoms with Crippen LogP contribution in [-0.4, -0.2) is 42.4 Å². The Balaban J connectivity index is 2.11. The maximum absolute atomic E-state index is 11.1. The molecule has 5 heteroatoms. The van der Waals surface area contributed by atoms with E-state index in [1.54, 1.807) is 18.3 Å². The van der Waals surface area contributed by atoms with Crippen molar-refractivity contribution < 1.29 is 14.6 Å². The highest BCUT2D eigenvalue weighted by Crippen LogP contribution is 2.26. The molecule has 2 aromatic rings. The summed E-state index contributed by atoms with van der Waals surface area (Å²) in [5, 5.41) is 11.0. The van der Waals surface area contributed by atoms with Gasteiger partial charge >= 0.3 is 5.97 Å². The van der Waals surface area contributed by atoms with E-state index in [4.69, 9.17) is 9.84 Å². The van der Waals surface area contributed by atoms with Gasteiger partial charge in [-0.3, -0.25) is 0 Å². The Kier molecular flexibility index (Phi) is 3.05. The molecule has 0 radical (unpaired) electrons. The number of ether oxygens (including phenoxy) is 1. The normalized spacial score (nSPS) is 15.7. The lowest BCUT2D eigenvalue weighted by atomic mass is 10.1. The molecule has 1 N–H and O–H groups in total. The van der Waals surface area contributed by atoms with Crippen LogP contribution in [0.15, 0.2) is 30.5 Å². The molecule has 1 aliphatic heterocycles. The Morgan fingerprint density at radius 2 is 2.05 bits per heavy atom. The summed E-state index contributed by atoms with van der Waals surface area (Å²) in [5.74, 6) is -0.0809. The summed E-state index contributed by atoms with van der Waals surface area (Å²) in [6.07, 6.45) is 1.76. The van der Waals surface area contributed by atoms with E-state index in [-0.39, 0.29) is 5.56 Å². The third-order valence-corrected chi connectivity index (χ3v) is 3.30. The van der Waals surface area contributed by atoms with Crippen molar-refractivity contribution in [2.75, 3.05) is 31.2 Å². The van der Waals surface area contributed by atoms with E-state index in [9.17, 15) is 4.79 Å². The molecule has 19 heavy (non-hydrogen) atoms. The summed E-state index contributed by atoms with van der Waals surface area (Å²) >= 11 is 0. The second kappa shape index (κ2) is 4.85. The number of aromatic nitrogens is 1. The van der Waals surface area contributed by atoms with Gasteiger partial charge in [0.25, 0.3) is 0 Å². The summed E-state index contributed by atoms with van der Waals surface area (Å²) in [4.78, 5) is 17.6. The zero-order chi connectivity index (χ0) is 13.2. The molecule has 98 valence electrons. The van der Waals surface area contributed by atoms with Crippen LogP contribution in [0.4, 0.5) is 5.82 Å². The topological polar surface area (TPSA) is 62.7 Å². The number of hydrogen-bond donors (Lipinski definition) is 1. The van der Waals surface area contributed by atoms with E-state index in [2.05, 4.69) is 9.88 Å². The Morgan fingerprint density at radius 1 is 1.26 bits per heavy atom. The van der Waals surface area contributed by atoms with E-state index in [0.29, 0.717) is 13.2 Å². The second-order valence-electron chi connectivity index (χ2n) is 4.48. The van der Waals surface area contributed by atoms with Crippen molar-refractivity contribution in [3.63, 3.8) is 0 Å². The molecule has 2 heterocycles. The van der Waals surface area contributed by atoms with Crippen molar-refractivity contribution in [2.24, 2.45) is 0 Å². The summed E-state index contributed by atoms with van der Waals surface area (Å²) in [6, 6.07) is 7.03. The highest BCUT2D eigenvalue weighted by Gasteiger charge is 2.16. The van der Waals surface area contributed by atoms with Gasteiger partial charge < -0.3 is 14.7 Å². The van der Waals surface area contributed by atoms with Gasteiger partial charge in [0, 0.05) is 24.7 Å². The van der Waals surface area contributed by atoms with E-state index >= 15 is 0 Å². The van der Waals surface area contributed by atoms with Gasteiger partial charge in [0.1, 0.15) is 5.82 Å². The number of carboxylic acids is 1. The molecule has 1 fully saturated rings. The van der Waals surface area contributed by atoms with Crippen LogP contribution in [0.3, 0.4) is 0 Å². The largest absolute Gasteiger partial charge is 0.478 e. The maximum atomic E-state index is 11.1. The van der Waals surface area contributed by atoms with E-state index in [0.717, 1.165) is 29.7 Å². The number of nitrogens with zero attached hydrogens (tertiary/aromatic N) is 2. The van der Waals surface area contributed by atoms with Crippen molar-refractivity contribution in [3.8, 4) is 0 Å². The van der Waals surface area contributed by atoms with E-state index < -0.39 is 5.97 Å². The Morgan fingerprint density at radius 3 is 2.79 bits per heavy atom. The molecule has 0 unspecified atom stereocenters. The average Bonchev–Trinajstić information content (AvgIpc) is 2.47. The third-order valence-electron chi connectivity index (χ3n) is 3.30. The Bertz CT molecular complexity index is 621. The van der Waals surface area contributed by atoms with Crippen molar-refractivity contribution in [3.05, 3.63) is 36.0 Å². The molecule has 3 rings (SSSR count). The number of aromatic carboxylic acids is 1. The molecule has 1 aromatic heterocycles. The summed E-state index contributed by atoms with van der Waals surface area (Å²) in [6.45, 7) is 2.92. The first-order valence-corrected chi connectivity index (χ1v) is 6.20. The van der Waals surface area contributed by atoms with Gasteiger partial charge in [-0.1, -0.05) is 6.07 Å². The average molecular weight is 258 g/mol. The monoisotopic (exact) mass is 258 g/mol. The fourth-order valence-electron chi connectivity index (χ4n) is 2.31. The number of anilines is 1. The molecule has 1 saturated heterocycles. The predicted molar refractivity (Wildman–Crippen MR) is 71.7 cm³/mol. The van der Waals surface area contributed by atoms with Crippen molar-refractivity contribution in [1.82, 2.24) is 4.98 Å². The van der Waals surface area contributed by atoms with Crippen molar-refractivity contribution >= 4 is 22.6 Å². The lowest BCUT2D eigenvalue weighted by Gasteiger charge is -2.28. The maximum Gasteiger partial charge on any atom is 0.335 e. The zero-order valence-corrected chi connectivity index (χ0v) is 10.4. The van der Waals surface area contributed by atoms with Crippen molar-refractivity contribution in [1.29, 1.82) is 0 Å². The molecule has 0 atom stereocenters. The third kappa shape index (κ3) is 2.24. The predicted octanol–water partition coefficient (Wildman–Crippen LogP) is 1.77. The number of fused-ring (bicyclic) bond motifs is 1. The first kappa shape index (κ1) is 11.9. The molecule has 0 amide bonds. The molecule has 0 bridgehead atoms. The van der Waals surface area contributed by atoms with Gasteiger partial charge in [-0.2, -0.15) is 0 Å². The van der Waals surface area contributed by atoms with Crippen molar-refractivity contribution in [2.45, 2.75) is 0 Å². The van der Waals surface area contributed by atoms with Crippen LogP contribution in [0.25, 0.3) is 10.8 Å². The SMILES string of the molecule is O=C(O)c1ccc2ccnc(N3CCOCC3)c2c1. The van der Waals surface area contributed by atoms with Crippen LogP contribution in [0.1, 0.15) is 10.4 Å². The second-order valence-corrected chi connectivity index (χ2v) is 4.48. The minimum absolute atomic E-state index is 0.287. The number of rotatable bonds is 2. The van der Waals surface area contributed by atoms with Gasteiger partial charge in [-0.05, 0) is 23.6 Å². The number of carboxylic acid groups (broad SMARTS) is 1. The van der Waals surface area contributed by atoms with Crippen LogP contribution in [0.5, 0.6) is 0 Å². The van der Waals surface area contributed by atoms with E-state index in [1.807, 2.05) is 12.1 Å². The quantitative estimate of drug-likeness (QED) is 0.889. The molecule has 0 saturated carbocycles. The zero-order valence-electron chi connectivity index (χ0n) is 10.4. The first-order chi connectivity index (χ1) is 9.25. The molecule has 1 aliphatic rings. The van der Waals surface area contributed by atoms with Crippen LogP contribution in [0.2, 0.25) is 0 Å². The lowest BCUT2D eigenvalue weighted by Crippen LogP contribution is -2.36. The summed E-state index contributed by atoms with van der Waals surface area (Å²) < 4.78 is 5.33. The highest BCUT2D eigenvalue weighted by atomic mass is 16.5. The van der Waals surface area contributed by atoms with Gasteiger partial charge in [0.2, 0.25) is 0 Å². The van der Waals surface area contributed by atoms with Crippen LogP contribution >= 0.6 is 0 Å². The van der Waals surface area contributed by atoms with Gasteiger partial charge in [0.05, 0.1) is 18.8 Å². The Hall–Kier alpha value is -2.14. The fourth-order valence-corrected chi connectivity index (χ4v) is 2.31. The van der Waals surface area contributed by atoms with Gasteiger partial charge in [-0.15, -0.1) is 0 Å². The molecular formula is C14H14N2O3. The molecular weight excluding hydrogens is 244 g/mol. The minimum atomic E-state index is -0.918. The number of benzene rings is 1. The summed E-state index contributed by atoms with van der Waals surface area (Å²) in [7, 11) is 0. The number of hydrogen-bond acceptors (Lipinski definition) is 4. The summed E-state index contributed by atoms with van der Waals surface area (Å²) in [5.41, 5.74) is 0.287. The van der Waals surface area contributed by atoms with Crippen LogP contribution in [-0.2, 0) is 4.74 Å². The lowest BCUT2D eigenvalue weighted by molar-refractivity contribution is 0.0697. The number of pyridine rings is 1. The molecule has 5 nitrogen and oxygen atoms in total. The van der Waals surface area contributed by atoms with Crippen LogP contribution in [0, 0.1) is 0 Å². The molecule has 0 spiro atoms. The standard InChI is InChI=1S/C14H14N2O3/c17-14(18)11-2-1-10-3-4-15-13(12(10)9-11)16-5-7-19-8-6-16/h1-4,9H,5-8H2,(H,17,18).